The van der Waals surface area contributed by atoms with E-state index >= 15 is 0 Å². The van der Waals surface area contributed by atoms with Crippen LogP contribution in [0.3, 0.4) is 0 Å². The predicted octanol–water partition coefficient (Wildman–Crippen LogP) is 2.83. The molecule has 0 bridgehead atoms. The van der Waals surface area contributed by atoms with E-state index in [0.29, 0.717) is 16.7 Å². The second kappa shape index (κ2) is 4.87. The summed E-state index contributed by atoms with van der Waals surface area (Å²) in [7, 11) is 0. The van der Waals surface area contributed by atoms with E-state index < -0.39 is 11.8 Å². The topological polar surface area (TPSA) is 57.5 Å². The summed E-state index contributed by atoms with van der Waals surface area (Å²) in [4.78, 5) is 10.5. The maximum Gasteiger partial charge on any atom is 0.307 e. The Bertz CT molecular complexity index is 576. The third kappa shape index (κ3) is 2.66. The van der Waals surface area contributed by atoms with Gasteiger partial charge in [0.15, 0.2) is 0 Å². The fraction of sp³-hybridized carbons (Fsp3) is 0.0714. The van der Waals surface area contributed by atoms with Crippen molar-refractivity contribution in [2.75, 3.05) is 0 Å². The van der Waals surface area contributed by atoms with Gasteiger partial charge in [0.05, 0.1) is 6.42 Å². The van der Waals surface area contributed by atoms with Gasteiger partial charge in [-0.3, -0.25) is 4.79 Å². The molecule has 0 aromatic heterocycles. The molecule has 0 aliphatic heterocycles. The Morgan fingerprint density at radius 2 is 1.78 bits per heavy atom. The molecule has 0 radical (unpaired) electrons. The fourth-order valence-corrected chi connectivity index (χ4v) is 1.71. The first kappa shape index (κ1) is 12.1. The summed E-state index contributed by atoms with van der Waals surface area (Å²) in [6.45, 7) is 0. The zero-order chi connectivity index (χ0) is 13.1. The van der Waals surface area contributed by atoms with Gasteiger partial charge in [0.25, 0.3) is 0 Å². The Kier molecular flexibility index (Phi) is 3.28. The highest BCUT2D eigenvalue weighted by molar-refractivity contribution is 5.71. The average molecular weight is 246 g/mol. The van der Waals surface area contributed by atoms with Gasteiger partial charge in [-0.2, -0.15) is 0 Å². The standard InChI is InChI=1S/C14H11FO3/c15-13-8-11(16)5-6-12(13)10-3-1-9(2-4-10)7-14(17)18/h1-6,8,16H,7H2,(H,17,18). The zero-order valence-corrected chi connectivity index (χ0v) is 9.43. The van der Waals surface area contributed by atoms with Gasteiger partial charge in [0, 0.05) is 11.6 Å². The highest BCUT2D eigenvalue weighted by Gasteiger charge is 2.06. The number of aliphatic carboxylic acids is 1. The van der Waals surface area contributed by atoms with Gasteiger partial charge >= 0.3 is 5.97 Å². The van der Waals surface area contributed by atoms with Gasteiger partial charge in [-0.15, -0.1) is 0 Å². The molecule has 0 heterocycles. The summed E-state index contributed by atoms with van der Waals surface area (Å²) >= 11 is 0. The van der Waals surface area contributed by atoms with Crippen molar-refractivity contribution in [2.45, 2.75) is 6.42 Å². The van der Waals surface area contributed by atoms with Crippen LogP contribution in [0.2, 0.25) is 0 Å². The van der Waals surface area contributed by atoms with Crippen LogP contribution in [0.1, 0.15) is 5.56 Å². The van der Waals surface area contributed by atoms with Crippen molar-refractivity contribution in [3.8, 4) is 16.9 Å². The Hall–Kier alpha value is -2.36. The summed E-state index contributed by atoms with van der Waals surface area (Å²) in [5.74, 6) is -1.54. The smallest absolute Gasteiger partial charge is 0.307 e. The van der Waals surface area contributed by atoms with Gasteiger partial charge in [-0.1, -0.05) is 24.3 Å². The van der Waals surface area contributed by atoms with Gasteiger partial charge in [-0.05, 0) is 23.3 Å². The highest BCUT2D eigenvalue weighted by atomic mass is 19.1. The van der Waals surface area contributed by atoms with Crippen LogP contribution in [0.4, 0.5) is 4.39 Å². The maximum absolute atomic E-state index is 13.6. The van der Waals surface area contributed by atoms with Crippen molar-refractivity contribution in [3.63, 3.8) is 0 Å². The Morgan fingerprint density at radius 3 is 2.33 bits per heavy atom. The molecule has 0 aliphatic rings. The molecule has 0 aliphatic carbocycles. The Balaban J connectivity index is 2.31. The SMILES string of the molecule is O=C(O)Cc1ccc(-c2ccc(O)cc2F)cc1. The van der Waals surface area contributed by atoms with Crippen LogP contribution in [-0.4, -0.2) is 16.2 Å². The van der Waals surface area contributed by atoms with Crippen LogP contribution in [0.15, 0.2) is 42.5 Å². The maximum atomic E-state index is 13.6. The fourth-order valence-electron chi connectivity index (χ4n) is 1.71. The number of hydrogen-bond donors (Lipinski definition) is 2. The van der Waals surface area contributed by atoms with E-state index in [-0.39, 0.29) is 12.2 Å². The molecule has 2 aromatic carbocycles. The first-order chi connectivity index (χ1) is 8.56. The lowest BCUT2D eigenvalue weighted by Gasteiger charge is -2.05. The van der Waals surface area contributed by atoms with Gasteiger partial charge in [-0.25, -0.2) is 4.39 Å². The minimum Gasteiger partial charge on any atom is -0.508 e. The number of aromatic hydroxyl groups is 1. The van der Waals surface area contributed by atoms with Crippen molar-refractivity contribution in [2.24, 2.45) is 0 Å². The van der Waals surface area contributed by atoms with Gasteiger partial charge in [0.2, 0.25) is 0 Å². The summed E-state index contributed by atoms with van der Waals surface area (Å²) < 4.78 is 13.6. The first-order valence-electron chi connectivity index (χ1n) is 5.36. The summed E-state index contributed by atoms with van der Waals surface area (Å²) in [5, 5.41) is 17.8. The first-order valence-corrected chi connectivity index (χ1v) is 5.36. The van der Waals surface area contributed by atoms with Crippen LogP contribution in [0.5, 0.6) is 5.75 Å². The molecule has 0 unspecified atom stereocenters. The third-order valence-corrected chi connectivity index (χ3v) is 2.57. The number of carboxylic acids is 1. The molecule has 0 amide bonds. The molecule has 0 atom stereocenters. The Labute approximate surface area is 103 Å². The monoisotopic (exact) mass is 246 g/mol. The van der Waals surface area contributed by atoms with Gasteiger partial charge in [0.1, 0.15) is 11.6 Å². The lowest BCUT2D eigenvalue weighted by molar-refractivity contribution is -0.136. The molecule has 0 spiro atoms. The van der Waals surface area contributed by atoms with Crippen LogP contribution >= 0.6 is 0 Å². The van der Waals surface area contributed by atoms with Gasteiger partial charge < -0.3 is 10.2 Å². The number of rotatable bonds is 3. The summed E-state index contributed by atoms with van der Waals surface area (Å²) in [6, 6.07) is 10.5. The molecule has 2 aromatic rings. The van der Waals surface area contributed by atoms with Crippen LogP contribution in [-0.2, 0) is 11.2 Å². The number of halogens is 1. The molecule has 18 heavy (non-hydrogen) atoms. The molecule has 2 rings (SSSR count). The van der Waals surface area contributed by atoms with Crippen molar-refractivity contribution in [3.05, 3.63) is 53.8 Å². The van der Waals surface area contributed by atoms with E-state index in [9.17, 15) is 9.18 Å². The molecule has 92 valence electrons. The van der Waals surface area contributed by atoms with E-state index in [1.165, 1.54) is 12.1 Å². The molecule has 0 saturated carbocycles. The predicted molar refractivity (Wildman–Crippen MR) is 64.8 cm³/mol. The molecular weight excluding hydrogens is 235 g/mol. The minimum atomic E-state index is -0.904. The number of carbonyl (C=O) groups is 1. The van der Waals surface area contributed by atoms with Crippen molar-refractivity contribution >= 4 is 5.97 Å². The van der Waals surface area contributed by atoms with E-state index in [2.05, 4.69) is 0 Å². The number of phenolic OH excluding ortho intramolecular Hbond substituents is 1. The summed E-state index contributed by atoms with van der Waals surface area (Å²) in [6.07, 6.45) is -0.0572. The van der Waals surface area contributed by atoms with E-state index in [1.807, 2.05) is 0 Å². The van der Waals surface area contributed by atoms with Crippen molar-refractivity contribution in [1.29, 1.82) is 0 Å². The average Bonchev–Trinajstić information content (AvgIpc) is 2.30. The second-order valence-electron chi connectivity index (χ2n) is 3.93. The lowest BCUT2D eigenvalue weighted by Crippen LogP contribution is -1.99. The van der Waals surface area contributed by atoms with Crippen molar-refractivity contribution < 1.29 is 19.4 Å². The quantitative estimate of drug-likeness (QED) is 0.875. The van der Waals surface area contributed by atoms with Crippen LogP contribution < -0.4 is 0 Å². The highest BCUT2D eigenvalue weighted by Crippen LogP contribution is 2.25. The van der Waals surface area contributed by atoms with Crippen LogP contribution in [0.25, 0.3) is 11.1 Å². The molecule has 0 saturated heterocycles. The summed E-state index contributed by atoms with van der Waals surface area (Å²) in [5.41, 5.74) is 1.67. The molecule has 0 fully saturated rings. The van der Waals surface area contributed by atoms with Crippen molar-refractivity contribution in [1.82, 2.24) is 0 Å². The largest absolute Gasteiger partial charge is 0.508 e. The normalized spacial score (nSPS) is 10.3. The van der Waals surface area contributed by atoms with Crippen LogP contribution in [0, 0.1) is 5.82 Å². The number of phenols is 1. The Morgan fingerprint density at radius 1 is 1.11 bits per heavy atom. The second-order valence-corrected chi connectivity index (χ2v) is 3.93. The number of hydrogen-bond acceptors (Lipinski definition) is 2. The molecule has 3 nitrogen and oxygen atoms in total. The molecular formula is C14H11FO3. The minimum absolute atomic E-state index is 0.0572. The number of carboxylic acid groups (broad SMARTS) is 1. The molecule has 4 heteroatoms. The lowest BCUT2D eigenvalue weighted by atomic mass is 10.0. The zero-order valence-electron chi connectivity index (χ0n) is 9.43. The molecule has 2 N–H and O–H groups in total. The van der Waals surface area contributed by atoms with E-state index in [1.54, 1.807) is 24.3 Å². The van der Waals surface area contributed by atoms with E-state index in [0.717, 1.165) is 6.07 Å². The van der Waals surface area contributed by atoms with E-state index in [4.69, 9.17) is 10.2 Å². The number of benzene rings is 2. The third-order valence-electron chi connectivity index (χ3n) is 2.57.